The standard InChI is InChI=1S/C40H50FN7O6/c1-26-6-7-29(20-27(26)2)42-36-23-37(49)47(40(52)43-36)11-5-4-10-45-12-13-46(24-28(45)3)35-22-34-31(21-33(35)41)38(50)32(25-48(34)30-8-9-30)39(51)54-19-16-44-14-17-53-18-15-44/h6-7,20-23,25,28,30,42H,4-5,8-19,24H2,1-3H3,(H,43,52)/t28-/m0/s1. The number of aromatic nitrogens is 3. The topological polar surface area (TPSA) is 134 Å². The second kappa shape index (κ2) is 16.3. The molecule has 3 aliphatic rings. The van der Waals surface area contributed by atoms with E-state index in [9.17, 15) is 19.2 Å². The summed E-state index contributed by atoms with van der Waals surface area (Å²) in [6.07, 6.45) is 4.88. The van der Waals surface area contributed by atoms with Crippen molar-refractivity contribution < 1.29 is 18.7 Å². The number of carbonyl (C=O) groups excluding carboxylic acids is 1. The van der Waals surface area contributed by atoms with Crippen LogP contribution in [0.25, 0.3) is 10.9 Å². The number of piperazine rings is 1. The van der Waals surface area contributed by atoms with E-state index in [1.54, 1.807) is 12.3 Å². The minimum Gasteiger partial charge on any atom is -0.461 e. The third-order valence-corrected chi connectivity index (χ3v) is 11.0. The van der Waals surface area contributed by atoms with Gasteiger partial charge in [0.05, 0.1) is 24.4 Å². The summed E-state index contributed by atoms with van der Waals surface area (Å²) in [5.74, 6) is -0.821. The molecule has 1 aliphatic carbocycles. The van der Waals surface area contributed by atoms with Crippen molar-refractivity contribution >= 4 is 34.1 Å². The molecule has 4 heterocycles. The molecule has 1 saturated carbocycles. The maximum atomic E-state index is 15.8. The fraction of sp³-hybridized carbons (Fsp3) is 0.500. The zero-order valence-corrected chi connectivity index (χ0v) is 31.4. The first-order chi connectivity index (χ1) is 26.0. The number of carbonyl (C=O) groups is 1. The van der Waals surface area contributed by atoms with E-state index >= 15 is 4.39 Å². The lowest BCUT2D eigenvalue weighted by Gasteiger charge is -2.41. The van der Waals surface area contributed by atoms with Gasteiger partial charge in [-0.2, -0.15) is 0 Å². The number of anilines is 3. The van der Waals surface area contributed by atoms with Crippen LogP contribution in [0, 0.1) is 19.7 Å². The fourth-order valence-electron chi connectivity index (χ4n) is 7.48. The maximum absolute atomic E-state index is 15.8. The summed E-state index contributed by atoms with van der Waals surface area (Å²) in [4.78, 5) is 61.5. The lowest BCUT2D eigenvalue weighted by Crippen LogP contribution is -2.52. The van der Waals surface area contributed by atoms with E-state index in [2.05, 4.69) is 27.0 Å². The number of hydrogen-bond donors (Lipinski definition) is 2. The first-order valence-corrected chi connectivity index (χ1v) is 19.1. The Bertz CT molecular complexity index is 2160. The predicted molar refractivity (Wildman–Crippen MR) is 207 cm³/mol. The van der Waals surface area contributed by atoms with Crippen LogP contribution in [0.1, 0.15) is 60.1 Å². The van der Waals surface area contributed by atoms with Crippen LogP contribution in [0.15, 0.2) is 57.0 Å². The molecule has 1 atom stereocenters. The molecule has 0 bridgehead atoms. The molecule has 13 nitrogen and oxygen atoms in total. The normalized spacial score (nSPS) is 18.3. The highest BCUT2D eigenvalue weighted by Gasteiger charge is 2.30. The van der Waals surface area contributed by atoms with Gasteiger partial charge in [-0.1, -0.05) is 6.07 Å². The molecule has 0 amide bonds. The molecule has 2 aliphatic heterocycles. The van der Waals surface area contributed by atoms with Crippen LogP contribution >= 0.6 is 0 Å². The Morgan fingerprint density at radius 1 is 0.963 bits per heavy atom. The predicted octanol–water partition coefficient (Wildman–Crippen LogP) is 4.17. The van der Waals surface area contributed by atoms with E-state index in [1.165, 1.54) is 16.7 Å². The molecular weight excluding hydrogens is 693 g/mol. The Hall–Kier alpha value is -4.79. The van der Waals surface area contributed by atoms with Gasteiger partial charge in [0.2, 0.25) is 5.43 Å². The molecule has 288 valence electrons. The van der Waals surface area contributed by atoms with Crippen LogP contribution in [0.4, 0.5) is 21.6 Å². The third-order valence-electron chi connectivity index (χ3n) is 11.0. The zero-order valence-electron chi connectivity index (χ0n) is 31.4. The van der Waals surface area contributed by atoms with Crippen molar-refractivity contribution in [2.45, 2.75) is 65.1 Å². The Morgan fingerprint density at radius 2 is 1.74 bits per heavy atom. The van der Waals surface area contributed by atoms with E-state index in [1.807, 2.05) is 41.5 Å². The molecule has 3 fully saturated rings. The molecule has 2 aromatic heterocycles. The van der Waals surface area contributed by atoms with Gasteiger partial charge in [0.25, 0.3) is 5.56 Å². The number of rotatable bonds is 13. The molecule has 4 aromatic rings. The van der Waals surface area contributed by atoms with Gasteiger partial charge < -0.3 is 24.3 Å². The maximum Gasteiger partial charge on any atom is 0.343 e. The van der Waals surface area contributed by atoms with Gasteiger partial charge >= 0.3 is 11.7 Å². The molecule has 2 saturated heterocycles. The number of fused-ring (bicyclic) bond motifs is 1. The van der Waals surface area contributed by atoms with E-state index in [0.717, 1.165) is 55.7 Å². The fourth-order valence-corrected chi connectivity index (χ4v) is 7.48. The zero-order chi connectivity index (χ0) is 37.9. The number of esters is 1. The van der Waals surface area contributed by atoms with Crippen molar-refractivity contribution in [3.05, 3.63) is 96.2 Å². The monoisotopic (exact) mass is 743 g/mol. The molecular formula is C40H50FN7O6. The van der Waals surface area contributed by atoms with Gasteiger partial charge in [-0.25, -0.2) is 14.0 Å². The minimum atomic E-state index is -0.683. The SMILES string of the molecule is Cc1ccc(Nc2cc(=O)n(CCCCN3CCN(c4cc5c(cc4F)c(=O)c(C(=O)OCCN4CCOCC4)cn5C4CC4)C[C@@H]3C)c(=O)[nH]2)cc1C. The van der Waals surface area contributed by atoms with Crippen LogP contribution in [0.2, 0.25) is 0 Å². The number of ether oxygens (including phenoxy) is 2. The summed E-state index contributed by atoms with van der Waals surface area (Å²) < 4.78 is 29.9. The highest BCUT2D eigenvalue weighted by Crippen LogP contribution is 2.38. The summed E-state index contributed by atoms with van der Waals surface area (Å²) >= 11 is 0. The Labute approximate surface area is 313 Å². The molecule has 0 spiro atoms. The van der Waals surface area contributed by atoms with Gasteiger partial charge in [-0.05, 0) is 88.4 Å². The number of benzene rings is 2. The molecule has 14 heteroatoms. The lowest BCUT2D eigenvalue weighted by atomic mass is 10.1. The number of aromatic amines is 1. The summed E-state index contributed by atoms with van der Waals surface area (Å²) in [5.41, 5.74) is 2.75. The summed E-state index contributed by atoms with van der Waals surface area (Å²) in [5, 5.41) is 3.30. The van der Waals surface area contributed by atoms with Gasteiger partial charge in [-0.3, -0.25) is 28.9 Å². The number of morpholine rings is 1. The number of unbranched alkanes of at least 4 members (excludes halogenated alkanes) is 1. The minimum absolute atomic E-state index is 0.0672. The second-order valence-corrected chi connectivity index (χ2v) is 14.9. The number of nitrogens with one attached hydrogen (secondary N) is 2. The number of nitrogens with zero attached hydrogens (tertiary/aromatic N) is 5. The number of halogens is 1. The van der Waals surface area contributed by atoms with Crippen molar-refractivity contribution in [3.63, 3.8) is 0 Å². The van der Waals surface area contributed by atoms with Crippen molar-refractivity contribution in [1.82, 2.24) is 23.9 Å². The summed E-state index contributed by atoms with van der Waals surface area (Å²) in [6.45, 7) is 12.7. The highest BCUT2D eigenvalue weighted by molar-refractivity contribution is 5.94. The van der Waals surface area contributed by atoms with Crippen LogP contribution in [0.5, 0.6) is 0 Å². The van der Waals surface area contributed by atoms with Crippen LogP contribution in [-0.4, -0.2) is 102 Å². The van der Waals surface area contributed by atoms with Crippen LogP contribution in [-0.2, 0) is 16.0 Å². The van der Waals surface area contributed by atoms with Crippen molar-refractivity contribution in [1.29, 1.82) is 0 Å². The Balaban J connectivity index is 0.952. The first kappa shape index (κ1) is 37.5. The van der Waals surface area contributed by atoms with Crippen LogP contribution < -0.4 is 26.9 Å². The number of aryl methyl sites for hydroxylation is 2. The average molecular weight is 744 g/mol. The molecule has 0 radical (unpaired) electrons. The quantitative estimate of drug-likeness (QED) is 0.152. The number of pyridine rings is 1. The second-order valence-electron chi connectivity index (χ2n) is 14.9. The van der Waals surface area contributed by atoms with Gasteiger partial charge in [0.1, 0.15) is 23.8 Å². The van der Waals surface area contributed by atoms with E-state index < -0.39 is 22.9 Å². The molecule has 2 N–H and O–H groups in total. The smallest absolute Gasteiger partial charge is 0.343 e. The van der Waals surface area contributed by atoms with E-state index in [0.29, 0.717) is 69.4 Å². The highest BCUT2D eigenvalue weighted by atomic mass is 19.1. The number of hydrogen-bond acceptors (Lipinski definition) is 10. The number of H-pyrrole nitrogens is 1. The lowest BCUT2D eigenvalue weighted by molar-refractivity contribution is 0.0195. The van der Waals surface area contributed by atoms with E-state index in [4.69, 9.17) is 9.47 Å². The first-order valence-electron chi connectivity index (χ1n) is 19.1. The summed E-state index contributed by atoms with van der Waals surface area (Å²) in [7, 11) is 0. The van der Waals surface area contributed by atoms with Gasteiger partial charge in [0.15, 0.2) is 0 Å². The summed E-state index contributed by atoms with van der Waals surface area (Å²) in [6, 6.07) is 10.6. The van der Waals surface area contributed by atoms with E-state index in [-0.39, 0.29) is 35.2 Å². The van der Waals surface area contributed by atoms with Gasteiger partial charge in [-0.15, -0.1) is 0 Å². The van der Waals surface area contributed by atoms with Crippen molar-refractivity contribution in [2.75, 3.05) is 75.9 Å². The Kier molecular flexibility index (Phi) is 11.3. The molecule has 0 unspecified atom stereocenters. The third kappa shape index (κ3) is 8.45. The Morgan fingerprint density at radius 3 is 2.46 bits per heavy atom. The van der Waals surface area contributed by atoms with Gasteiger partial charge in [0, 0.05) is 81.2 Å². The molecule has 7 rings (SSSR count). The molecule has 54 heavy (non-hydrogen) atoms. The van der Waals surface area contributed by atoms with Crippen molar-refractivity contribution in [3.8, 4) is 0 Å². The largest absolute Gasteiger partial charge is 0.461 e. The average Bonchev–Trinajstić information content (AvgIpc) is 3.99. The molecule has 2 aromatic carbocycles. The van der Waals surface area contributed by atoms with Crippen LogP contribution in [0.3, 0.4) is 0 Å². The van der Waals surface area contributed by atoms with Crippen molar-refractivity contribution in [2.24, 2.45) is 0 Å².